The Balaban J connectivity index is 3.21. The Kier molecular flexibility index (Phi) is 2.32. The molecule has 11 heavy (non-hydrogen) atoms. The molecule has 0 radical (unpaired) electrons. The van der Waals surface area contributed by atoms with E-state index >= 15 is 0 Å². The molecule has 1 aromatic rings. The first-order valence-corrected chi connectivity index (χ1v) is 4.85. The highest BCUT2D eigenvalue weighted by molar-refractivity contribution is 14.1. The molecule has 0 N–H and O–H groups in total. The fourth-order valence-electron chi connectivity index (χ4n) is 1.36. The van der Waals surface area contributed by atoms with Crippen LogP contribution in [0, 0.1) is 10.6 Å². The van der Waals surface area contributed by atoms with Gasteiger partial charge in [-0.2, -0.15) is 0 Å². The summed E-state index contributed by atoms with van der Waals surface area (Å²) in [4.78, 5) is 0. The Hall–Kier alpha value is 0.01000. The fourth-order valence-corrected chi connectivity index (χ4v) is 2.64. The second-order valence-corrected chi connectivity index (χ2v) is 4.91. The summed E-state index contributed by atoms with van der Waals surface area (Å²) in [6.45, 7) is 8.82. The normalized spacial score (nSPS) is 12.1. The number of halogens is 1. The number of nitrogens with zero attached hydrogens (tertiary/aromatic N) is 1. The van der Waals surface area contributed by atoms with Crippen molar-refractivity contribution < 1.29 is 0 Å². The molecule has 0 saturated heterocycles. The zero-order chi connectivity index (χ0) is 8.65. The van der Waals surface area contributed by atoms with Crippen molar-refractivity contribution in [2.45, 2.75) is 33.2 Å². The van der Waals surface area contributed by atoms with Crippen molar-refractivity contribution in [1.82, 2.24) is 4.57 Å². The molecule has 2 heteroatoms. The Morgan fingerprint density at radius 1 is 1.27 bits per heavy atom. The van der Waals surface area contributed by atoms with Crippen molar-refractivity contribution in [1.29, 1.82) is 0 Å². The third kappa shape index (κ3) is 1.78. The van der Waals surface area contributed by atoms with Crippen LogP contribution in [-0.4, -0.2) is 4.57 Å². The topological polar surface area (TPSA) is 4.93 Å². The predicted molar refractivity (Wildman–Crippen MR) is 56.9 cm³/mol. The van der Waals surface area contributed by atoms with E-state index in [1.54, 1.807) is 0 Å². The monoisotopic (exact) mass is 263 g/mol. The molecule has 0 aromatic carbocycles. The van der Waals surface area contributed by atoms with E-state index in [9.17, 15) is 0 Å². The number of rotatable bonds is 0. The highest BCUT2D eigenvalue weighted by atomic mass is 127. The van der Waals surface area contributed by atoms with E-state index in [-0.39, 0.29) is 5.54 Å². The van der Waals surface area contributed by atoms with E-state index in [1.807, 2.05) is 0 Å². The van der Waals surface area contributed by atoms with Gasteiger partial charge in [0.25, 0.3) is 0 Å². The Labute approximate surface area is 81.9 Å². The van der Waals surface area contributed by atoms with E-state index in [0.717, 1.165) is 0 Å². The predicted octanol–water partition coefficient (Wildman–Crippen LogP) is 3.16. The zero-order valence-corrected chi connectivity index (χ0v) is 9.64. The number of aryl methyl sites for hydroxylation is 1. The van der Waals surface area contributed by atoms with Crippen LogP contribution in [0.25, 0.3) is 0 Å². The molecule has 0 unspecified atom stereocenters. The maximum absolute atomic E-state index is 2.37. The molecule has 0 aliphatic heterocycles. The summed E-state index contributed by atoms with van der Waals surface area (Å²) in [5.41, 5.74) is 1.55. The van der Waals surface area contributed by atoms with Crippen molar-refractivity contribution in [3.63, 3.8) is 0 Å². The SMILES string of the molecule is Cc1ccc(I)n1C(C)(C)C. The summed E-state index contributed by atoms with van der Waals surface area (Å²) < 4.78 is 3.65. The molecule has 0 saturated carbocycles. The minimum atomic E-state index is 0.212. The Morgan fingerprint density at radius 3 is 2.00 bits per heavy atom. The quantitative estimate of drug-likeness (QED) is 0.634. The third-order valence-electron chi connectivity index (χ3n) is 1.70. The number of aromatic nitrogens is 1. The molecule has 62 valence electrons. The second-order valence-electron chi connectivity index (χ2n) is 3.80. The van der Waals surface area contributed by atoms with Crippen LogP contribution in [0.2, 0.25) is 0 Å². The van der Waals surface area contributed by atoms with Gasteiger partial charge in [-0.15, -0.1) is 0 Å². The lowest BCUT2D eigenvalue weighted by Gasteiger charge is -2.24. The van der Waals surface area contributed by atoms with Gasteiger partial charge in [0, 0.05) is 11.2 Å². The highest BCUT2D eigenvalue weighted by Gasteiger charge is 2.16. The third-order valence-corrected chi connectivity index (χ3v) is 2.54. The number of hydrogen-bond acceptors (Lipinski definition) is 0. The highest BCUT2D eigenvalue weighted by Crippen LogP contribution is 2.21. The molecule has 0 fully saturated rings. The van der Waals surface area contributed by atoms with Crippen LogP contribution < -0.4 is 0 Å². The summed E-state index contributed by atoms with van der Waals surface area (Å²) >= 11 is 2.37. The van der Waals surface area contributed by atoms with Crippen molar-refractivity contribution in [3.8, 4) is 0 Å². The minimum absolute atomic E-state index is 0.212. The summed E-state index contributed by atoms with van der Waals surface area (Å²) in [5, 5.41) is 0. The smallest absolute Gasteiger partial charge is 0.0805 e. The molecule has 0 atom stereocenters. The largest absolute Gasteiger partial charge is 0.335 e. The Morgan fingerprint density at radius 2 is 1.82 bits per heavy atom. The lowest BCUT2D eigenvalue weighted by Crippen LogP contribution is -2.23. The average molecular weight is 263 g/mol. The van der Waals surface area contributed by atoms with Crippen molar-refractivity contribution in [2.24, 2.45) is 0 Å². The lowest BCUT2D eigenvalue weighted by atomic mass is 10.1. The summed E-state index contributed by atoms with van der Waals surface area (Å²) in [7, 11) is 0. The van der Waals surface area contributed by atoms with Gasteiger partial charge in [0.05, 0.1) is 3.70 Å². The van der Waals surface area contributed by atoms with Gasteiger partial charge in [-0.25, -0.2) is 0 Å². The van der Waals surface area contributed by atoms with E-state index in [4.69, 9.17) is 0 Å². The van der Waals surface area contributed by atoms with Gasteiger partial charge in [-0.1, -0.05) is 0 Å². The van der Waals surface area contributed by atoms with Crippen LogP contribution in [-0.2, 0) is 5.54 Å². The van der Waals surface area contributed by atoms with Gasteiger partial charge in [-0.3, -0.25) is 0 Å². The van der Waals surface area contributed by atoms with E-state index in [2.05, 4.69) is 67.0 Å². The molecule has 0 bridgehead atoms. The molecule has 1 rings (SSSR count). The fraction of sp³-hybridized carbons (Fsp3) is 0.556. The minimum Gasteiger partial charge on any atom is -0.335 e. The van der Waals surface area contributed by atoms with Crippen molar-refractivity contribution in [2.75, 3.05) is 0 Å². The van der Waals surface area contributed by atoms with Crippen LogP contribution in [0.1, 0.15) is 26.5 Å². The summed E-state index contributed by atoms with van der Waals surface area (Å²) in [6.07, 6.45) is 0. The summed E-state index contributed by atoms with van der Waals surface area (Å²) in [6, 6.07) is 4.31. The van der Waals surface area contributed by atoms with E-state index in [1.165, 1.54) is 9.39 Å². The molecular formula is C9H14IN. The average Bonchev–Trinajstić information content (AvgIpc) is 2.08. The molecule has 1 heterocycles. The van der Waals surface area contributed by atoms with Crippen LogP contribution in [0.5, 0.6) is 0 Å². The Bertz CT molecular complexity index is 236. The summed E-state index contributed by atoms with van der Waals surface area (Å²) in [5.74, 6) is 0. The molecule has 0 aliphatic carbocycles. The van der Waals surface area contributed by atoms with Crippen LogP contribution in [0.15, 0.2) is 12.1 Å². The zero-order valence-electron chi connectivity index (χ0n) is 7.48. The standard InChI is InChI=1S/C9H14IN/c1-7-5-6-8(10)11(7)9(2,3)4/h5-6H,1-4H3. The van der Waals surface area contributed by atoms with Gasteiger partial charge in [0.1, 0.15) is 0 Å². The van der Waals surface area contributed by atoms with Crippen molar-refractivity contribution >= 4 is 22.6 Å². The van der Waals surface area contributed by atoms with Gasteiger partial charge < -0.3 is 4.57 Å². The van der Waals surface area contributed by atoms with Crippen LogP contribution in [0.4, 0.5) is 0 Å². The maximum atomic E-state index is 2.37. The first-order chi connectivity index (χ1) is 4.93. The van der Waals surface area contributed by atoms with E-state index in [0.29, 0.717) is 0 Å². The lowest BCUT2D eigenvalue weighted by molar-refractivity contribution is 0.383. The van der Waals surface area contributed by atoms with Crippen LogP contribution in [0.3, 0.4) is 0 Å². The molecule has 1 nitrogen and oxygen atoms in total. The van der Waals surface area contributed by atoms with Crippen molar-refractivity contribution in [3.05, 3.63) is 21.5 Å². The molecular weight excluding hydrogens is 249 g/mol. The second kappa shape index (κ2) is 2.81. The maximum Gasteiger partial charge on any atom is 0.0805 e. The number of hydrogen-bond donors (Lipinski definition) is 0. The van der Waals surface area contributed by atoms with Crippen LogP contribution >= 0.6 is 22.6 Å². The van der Waals surface area contributed by atoms with Gasteiger partial charge in [0.2, 0.25) is 0 Å². The van der Waals surface area contributed by atoms with E-state index < -0.39 is 0 Å². The van der Waals surface area contributed by atoms with Gasteiger partial charge in [0.15, 0.2) is 0 Å². The first kappa shape index (κ1) is 9.10. The molecule has 0 aliphatic rings. The van der Waals surface area contributed by atoms with Gasteiger partial charge in [-0.05, 0) is 62.4 Å². The molecule has 0 spiro atoms. The first-order valence-electron chi connectivity index (χ1n) is 3.77. The van der Waals surface area contributed by atoms with Gasteiger partial charge >= 0.3 is 0 Å². The molecule has 0 amide bonds. The molecule has 1 aromatic heterocycles.